The highest BCUT2D eigenvalue weighted by Gasteiger charge is 2.20. The lowest BCUT2D eigenvalue weighted by Gasteiger charge is -2.18. The molecule has 16 heavy (non-hydrogen) atoms. The number of hydrogen-bond acceptors (Lipinski definition) is 5. The molecule has 0 unspecified atom stereocenters. The first-order chi connectivity index (χ1) is 7.29. The Balaban J connectivity index is 2.91. The van der Waals surface area contributed by atoms with Gasteiger partial charge in [-0.3, -0.25) is 10.1 Å². The molecule has 0 saturated heterocycles. The van der Waals surface area contributed by atoms with E-state index in [-0.39, 0.29) is 18.2 Å². The highest BCUT2D eigenvalue weighted by atomic mass is 79.9. The van der Waals surface area contributed by atoms with Gasteiger partial charge in [-0.15, -0.1) is 0 Å². The predicted molar refractivity (Wildman–Crippen MR) is 62.4 cm³/mol. The van der Waals surface area contributed by atoms with Crippen molar-refractivity contribution in [3.63, 3.8) is 0 Å². The number of nitro groups is 1. The van der Waals surface area contributed by atoms with Crippen LogP contribution < -0.4 is 10.5 Å². The number of pyridine rings is 1. The van der Waals surface area contributed by atoms with Crippen LogP contribution in [0, 0.1) is 10.1 Å². The maximum atomic E-state index is 10.7. The van der Waals surface area contributed by atoms with Crippen molar-refractivity contribution in [1.29, 1.82) is 0 Å². The summed E-state index contributed by atoms with van der Waals surface area (Å²) in [6.45, 7) is 3.68. The standard InChI is InChI=1S/C9H12BrN3O3/c1-9(2,11)5-16-8-7(13(14)15)3-6(10)4-12-8/h3-4H,5,11H2,1-2H3. The van der Waals surface area contributed by atoms with Gasteiger partial charge in [0.1, 0.15) is 6.61 Å². The van der Waals surface area contributed by atoms with Crippen LogP contribution >= 0.6 is 15.9 Å². The monoisotopic (exact) mass is 289 g/mol. The van der Waals surface area contributed by atoms with Crippen LogP contribution in [0.15, 0.2) is 16.7 Å². The fourth-order valence-electron chi connectivity index (χ4n) is 0.912. The molecule has 1 aromatic heterocycles. The van der Waals surface area contributed by atoms with Gasteiger partial charge in [-0.05, 0) is 29.8 Å². The first-order valence-corrected chi connectivity index (χ1v) is 5.30. The summed E-state index contributed by atoms with van der Waals surface area (Å²) in [4.78, 5) is 14.0. The Labute approximate surface area is 101 Å². The second-order valence-electron chi connectivity index (χ2n) is 4.01. The number of ether oxygens (including phenoxy) is 1. The van der Waals surface area contributed by atoms with Gasteiger partial charge in [-0.25, -0.2) is 4.98 Å². The van der Waals surface area contributed by atoms with Gasteiger partial charge in [0.15, 0.2) is 0 Å². The van der Waals surface area contributed by atoms with Crippen molar-refractivity contribution in [3.05, 3.63) is 26.9 Å². The molecule has 0 aliphatic rings. The molecule has 0 spiro atoms. The molecule has 0 aromatic carbocycles. The zero-order chi connectivity index (χ0) is 12.3. The van der Waals surface area contributed by atoms with Crippen LogP contribution in [-0.4, -0.2) is 22.1 Å². The zero-order valence-corrected chi connectivity index (χ0v) is 10.5. The zero-order valence-electron chi connectivity index (χ0n) is 8.94. The van der Waals surface area contributed by atoms with Crippen molar-refractivity contribution in [2.45, 2.75) is 19.4 Å². The van der Waals surface area contributed by atoms with Crippen LogP contribution in [0.1, 0.15) is 13.8 Å². The predicted octanol–water partition coefficient (Wildman–Crippen LogP) is 1.87. The van der Waals surface area contributed by atoms with Gasteiger partial charge in [0.2, 0.25) is 0 Å². The second kappa shape index (κ2) is 4.75. The van der Waals surface area contributed by atoms with E-state index < -0.39 is 10.5 Å². The van der Waals surface area contributed by atoms with Crippen LogP contribution in [0.5, 0.6) is 5.88 Å². The molecule has 0 aliphatic heterocycles. The lowest BCUT2D eigenvalue weighted by molar-refractivity contribution is -0.386. The van der Waals surface area contributed by atoms with E-state index in [1.807, 2.05) is 0 Å². The first-order valence-electron chi connectivity index (χ1n) is 4.51. The van der Waals surface area contributed by atoms with E-state index in [0.717, 1.165) is 0 Å². The third-order valence-electron chi connectivity index (χ3n) is 1.58. The summed E-state index contributed by atoms with van der Waals surface area (Å²) in [5.74, 6) is -0.0216. The number of nitrogens with two attached hydrogens (primary N) is 1. The summed E-state index contributed by atoms with van der Waals surface area (Å²) in [5.41, 5.74) is 4.96. The van der Waals surface area contributed by atoms with Crippen molar-refractivity contribution in [1.82, 2.24) is 4.98 Å². The topological polar surface area (TPSA) is 91.3 Å². The van der Waals surface area contributed by atoms with Crippen LogP contribution in [0.4, 0.5) is 5.69 Å². The van der Waals surface area contributed by atoms with Gasteiger partial charge >= 0.3 is 5.69 Å². The van der Waals surface area contributed by atoms with E-state index in [4.69, 9.17) is 10.5 Å². The van der Waals surface area contributed by atoms with Crippen molar-refractivity contribution >= 4 is 21.6 Å². The minimum absolute atomic E-state index is 0.0216. The highest BCUT2D eigenvalue weighted by Crippen LogP contribution is 2.27. The fraction of sp³-hybridized carbons (Fsp3) is 0.444. The summed E-state index contributed by atoms with van der Waals surface area (Å²) in [6, 6.07) is 1.34. The van der Waals surface area contributed by atoms with Gasteiger partial charge in [0.25, 0.3) is 5.88 Å². The lowest BCUT2D eigenvalue weighted by atomic mass is 10.1. The number of hydrogen-bond donors (Lipinski definition) is 1. The Kier molecular flexibility index (Phi) is 3.82. The highest BCUT2D eigenvalue weighted by molar-refractivity contribution is 9.10. The summed E-state index contributed by atoms with van der Waals surface area (Å²) >= 11 is 3.11. The molecule has 1 aromatic rings. The minimum atomic E-state index is -0.567. The molecule has 2 N–H and O–H groups in total. The maximum Gasteiger partial charge on any atom is 0.332 e. The van der Waals surface area contributed by atoms with Crippen molar-refractivity contribution in [2.75, 3.05) is 6.61 Å². The Morgan fingerprint density at radius 3 is 2.81 bits per heavy atom. The normalized spacial score (nSPS) is 11.2. The third kappa shape index (κ3) is 3.74. The van der Waals surface area contributed by atoms with E-state index in [1.165, 1.54) is 12.3 Å². The molecule has 1 heterocycles. The van der Waals surface area contributed by atoms with E-state index in [0.29, 0.717) is 4.47 Å². The van der Waals surface area contributed by atoms with E-state index in [1.54, 1.807) is 13.8 Å². The summed E-state index contributed by atoms with van der Waals surface area (Å²) in [7, 11) is 0. The van der Waals surface area contributed by atoms with Gasteiger partial charge in [0.05, 0.1) is 4.92 Å². The molecule has 0 radical (unpaired) electrons. The van der Waals surface area contributed by atoms with Crippen LogP contribution in [0.3, 0.4) is 0 Å². The van der Waals surface area contributed by atoms with Crippen LogP contribution in [-0.2, 0) is 0 Å². The average Bonchev–Trinajstić information content (AvgIpc) is 2.14. The maximum absolute atomic E-state index is 10.7. The molecule has 0 amide bonds. The van der Waals surface area contributed by atoms with Crippen molar-refractivity contribution in [2.24, 2.45) is 5.73 Å². The molecule has 7 heteroatoms. The third-order valence-corrected chi connectivity index (χ3v) is 2.01. The van der Waals surface area contributed by atoms with Crippen LogP contribution in [0.2, 0.25) is 0 Å². The van der Waals surface area contributed by atoms with Crippen molar-refractivity contribution in [3.8, 4) is 5.88 Å². The largest absolute Gasteiger partial charge is 0.471 e. The SMILES string of the molecule is CC(C)(N)COc1ncc(Br)cc1[N+](=O)[O-]. The van der Waals surface area contributed by atoms with E-state index in [2.05, 4.69) is 20.9 Å². The van der Waals surface area contributed by atoms with Gasteiger partial charge < -0.3 is 10.5 Å². The molecular formula is C9H12BrN3O3. The molecule has 0 bridgehead atoms. The molecule has 1 rings (SSSR count). The Morgan fingerprint density at radius 2 is 2.31 bits per heavy atom. The molecule has 0 aliphatic carbocycles. The summed E-state index contributed by atoms with van der Waals surface area (Å²) in [5, 5.41) is 10.7. The van der Waals surface area contributed by atoms with E-state index >= 15 is 0 Å². The molecule has 0 atom stereocenters. The molecule has 88 valence electrons. The minimum Gasteiger partial charge on any atom is -0.471 e. The number of halogens is 1. The molecule has 0 fully saturated rings. The smallest absolute Gasteiger partial charge is 0.332 e. The first kappa shape index (κ1) is 12.9. The van der Waals surface area contributed by atoms with Gasteiger partial charge in [0, 0.05) is 22.3 Å². The second-order valence-corrected chi connectivity index (χ2v) is 4.93. The molecule has 6 nitrogen and oxygen atoms in total. The Bertz CT molecular complexity index is 403. The Morgan fingerprint density at radius 1 is 1.69 bits per heavy atom. The van der Waals surface area contributed by atoms with Crippen molar-refractivity contribution < 1.29 is 9.66 Å². The van der Waals surface area contributed by atoms with Crippen LogP contribution in [0.25, 0.3) is 0 Å². The summed E-state index contributed by atoms with van der Waals surface area (Å²) in [6.07, 6.45) is 1.44. The lowest BCUT2D eigenvalue weighted by Crippen LogP contribution is -2.38. The van der Waals surface area contributed by atoms with Gasteiger partial charge in [-0.2, -0.15) is 0 Å². The molecule has 0 saturated carbocycles. The number of aromatic nitrogens is 1. The number of rotatable bonds is 4. The number of nitrogens with zero attached hydrogens (tertiary/aromatic N) is 2. The van der Waals surface area contributed by atoms with Gasteiger partial charge in [-0.1, -0.05) is 0 Å². The van der Waals surface area contributed by atoms with E-state index in [9.17, 15) is 10.1 Å². The fourth-order valence-corrected chi connectivity index (χ4v) is 1.23. The molecular weight excluding hydrogens is 278 g/mol. The quantitative estimate of drug-likeness (QED) is 0.675. The summed E-state index contributed by atoms with van der Waals surface area (Å²) < 4.78 is 5.75. The average molecular weight is 290 g/mol. The Hall–Kier alpha value is -1.21.